The van der Waals surface area contributed by atoms with Crippen LogP contribution >= 0.6 is 22.9 Å². The number of hydrogen-bond acceptors (Lipinski definition) is 5. The third kappa shape index (κ3) is 3.61. The van der Waals surface area contributed by atoms with Gasteiger partial charge in [-0.15, -0.1) is 11.3 Å². The van der Waals surface area contributed by atoms with E-state index < -0.39 is 0 Å². The number of aromatic nitrogens is 2. The second-order valence-corrected chi connectivity index (χ2v) is 6.14. The van der Waals surface area contributed by atoms with Gasteiger partial charge in [-0.05, 0) is 32.2 Å². The number of hydrogen-bond donors (Lipinski definition) is 1. The third-order valence-electron chi connectivity index (χ3n) is 2.86. The minimum absolute atomic E-state index is 0.305. The van der Waals surface area contributed by atoms with Gasteiger partial charge in [0.25, 0.3) is 0 Å². The summed E-state index contributed by atoms with van der Waals surface area (Å²) >= 11 is 8.02. The van der Waals surface area contributed by atoms with Gasteiger partial charge in [-0.1, -0.05) is 17.7 Å². The summed E-state index contributed by atoms with van der Waals surface area (Å²) in [5, 5.41) is 5.79. The maximum atomic E-state index is 6.28. The Hall–Kier alpha value is -1.33. The van der Waals surface area contributed by atoms with Crippen LogP contribution in [0.15, 0.2) is 23.7 Å². The molecule has 2 rings (SSSR count). The average Bonchev–Trinajstić information content (AvgIpc) is 2.91. The van der Waals surface area contributed by atoms with Gasteiger partial charge < -0.3 is 10.2 Å². The fourth-order valence-corrected chi connectivity index (χ4v) is 2.78. The molecule has 0 radical (unpaired) electrons. The van der Waals surface area contributed by atoms with E-state index in [2.05, 4.69) is 51.5 Å². The third-order valence-corrected chi connectivity index (χ3v) is 3.99. The van der Waals surface area contributed by atoms with Crippen LogP contribution in [0.5, 0.6) is 0 Å². The monoisotopic (exact) mass is 310 g/mol. The zero-order valence-corrected chi connectivity index (χ0v) is 13.5. The summed E-state index contributed by atoms with van der Waals surface area (Å²) in [7, 11) is 0. The van der Waals surface area contributed by atoms with E-state index in [1.165, 1.54) is 4.88 Å². The summed E-state index contributed by atoms with van der Waals surface area (Å²) in [6.45, 7) is 7.88. The predicted octanol–water partition coefficient (Wildman–Crippen LogP) is 4.04. The zero-order chi connectivity index (χ0) is 14.5. The first kappa shape index (κ1) is 15.1. The molecular formula is C14H19ClN4S. The quantitative estimate of drug-likeness (QED) is 0.874. The summed E-state index contributed by atoms with van der Waals surface area (Å²) in [4.78, 5) is 12.2. The molecule has 2 aromatic heterocycles. The van der Waals surface area contributed by atoms with Crippen molar-refractivity contribution in [2.45, 2.75) is 33.4 Å². The van der Waals surface area contributed by atoms with Gasteiger partial charge in [0.1, 0.15) is 5.02 Å². The average molecular weight is 311 g/mol. The Morgan fingerprint density at radius 3 is 2.85 bits per heavy atom. The molecule has 2 heterocycles. The zero-order valence-electron chi connectivity index (χ0n) is 11.9. The van der Waals surface area contributed by atoms with Crippen molar-refractivity contribution in [2.75, 3.05) is 16.8 Å². The largest absolute Gasteiger partial charge is 0.354 e. The molecule has 0 amide bonds. The Morgan fingerprint density at radius 2 is 2.25 bits per heavy atom. The van der Waals surface area contributed by atoms with E-state index in [9.17, 15) is 0 Å². The Balaban J connectivity index is 2.30. The van der Waals surface area contributed by atoms with Gasteiger partial charge in [-0.25, -0.2) is 4.98 Å². The number of nitrogens with one attached hydrogen (secondary N) is 1. The highest BCUT2D eigenvalue weighted by molar-refractivity contribution is 7.09. The van der Waals surface area contributed by atoms with Crippen molar-refractivity contribution in [1.29, 1.82) is 0 Å². The maximum absolute atomic E-state index is 6.28. The lowest BCUT2D eigenvalue weighted by molar-refractivity contribution is 0.676. The summed E-state index contributed by atoms with van der Waals surface area (Å²) in [6, 6.07) is 4.49. The molecule has 0 aromatic carbocycles. The first-order valence-electron chi connectivity index (χ1n) is 6.67. The van der Waals surface area contributed by atoms with Crippen LogP contribution in [0.2, 0.25) is 5.02 Å². The molecule has 0 spiro atoms. The molecule has 0 aliphatic heterocycles. The minimum Gasteiger partial charge on any atom is -0.354 e. The molecule has 108 valence electrons. The topological polar surface area (TPSA) is 41.1 Å². The van der Waals surface area contributed by atoms with E-state index in [0.717, 1.165) is 18.9 Å². The fraction of sp³-hybridized carbons (Fsp3) is 0.429. The van der Waals surface area contributed by atoms with Crippen LogP contribution in [0.1, 0.15) is 25.6 Å². The summed E-state index contributed by atoms with van der Waals surface area (Å²) in [6.07, 6.45) is 1.66. The summed E-state index contributed by atoms with van der Waals surface area (Å²) in [5.74, 6) is 1.39. The first-order chi connectivity index (χ1) is 9.61. The van der Waals surface area contributed by atoms with Crippen molar-refractivity contribution < 1.29 is 0 Å². The Labute approximate surface area is 128 Å². The molecule has 4 nitrogen and oxygen atoms in total. The van der Waals surface area contributed by atoms with Crippen LogP contribution < -0.4 is 10.2 Å². The van der Waals surface area contributed by atoms with Gasteiger partial charge in [0.15, 0.2) is 5.82 Å². The lowest BCUT2D eigenvalue weighted by Crippen LogP contribution is -2.31. The molecule has 0 fully saturated rings. The van der Waals surface area contributed by atoms with Crippen LogP contribution in [-0.4, -0.2) is 22.6 Å². The van der Waals surface area contributed by atoms with E-state index in [1.807, 2.05) is 6.92 Å². The second kappa shape index (κ2) is 6.90. The summed E-state index contributed by atoms with van der Waals surface area (Å²) in [5.41, 5.74) is 0. The number of nitrogens with zero attached hydrogens (tertiary/aromatic N) is 3. The Bertz CT molecular complexity index is 542. The van der Waals surface area contributed by atoms with Gasteiger partial charge in [-0.2, -0.15) is 4.98 Å². The van der Waals surface area contributed by atoms with E-state index in [1.54, 1.807) is 17.5 Å². The first-order valence-corrected chi connectivity index (χ1v) is 7.93. The normalized spacial score (nSPS) is 10.8. The van der Waals surface area contributed by atoms with Crippen LogP contribution in [0.3, 0.4) is 0 Å². The molecular weight excluding hydrogens is 292 g/mol. The highest BCUT2D eigenvalue weighted by Crippen LogP contribution is 2.28. The van der Waals surface area contributed by atoms with Gasteiger partial charge in [0, 0.05) is 17.5 Å². The van der Waals surface area contributed by atoms with E-state index in [-0.39, 0.29) is 0 Å². The number of thiophene rings is 1. The molecule has 0 aliphatic rings. The lowest BCUT2D eigenvalue weighted by atomic mass is 10.3. The predicted molar refractivity (Wildman–Crippen MR) is 86.8 cm³/mol. The standard InChI is InChI=1S/C14H19ClN4S/c1-4-16-14-17-8-12(15)13(18-14)19(10(2)3)9-11-6-5-7-20-11/h5-8,10H,4,9H2,1-3H3,(H,16,17,18). The second-order valence-electron chi connectivity index (χ2n) is 4.70. The highest BCUT2D eigenvalue weighted by Gasteiger charge is 2.17. The molecule has 0 atom stereocenters. The van der Waals surface area contributed by atoms with Crippen LogP contribution in [0.25, 0.3) is 0 Å². The molecule has 6 heteroatoms. The molecule has 1 N–H and O–H groups in total. The van der Waals surface area contributed by atoms with Crippen molar-refractivity contribution in [3.63, 3.8) is 0 Å². The SMILES string of the molecule is CCNc1ncc(Cl)c(N(Cc2cccs2)C(C)C)n1. The van der Waals surface area contributed by atoms with Crippen molar-refractivity contribution in [3.8, 4) is 0 Å². The minimum atomic E-state index is 0.305. The van der Waals surface area contributed by atoms with Crippen molar-refractivity contribution >= 4 is 34.7 Å². The number of halogens is 1. The van der Waals surface area contributed by atoms with Crippen molar-refractivity contribution in [3.05, 3.63) is 33.6 Å². The molecule has 0 bridgehead atoms. The number of rotatable bonds is 6. The van der Waals surface area contributed by atoms with E-state index in [0.29, 0.717) is 17.0 Å². The van der Waals surface area contributed by atoms with Crippen molar-refractivity contribution in [1.82, 2.24) is 9.97 Å². The smallest absolute Gasteiger partial charge is 0.224 e. The maximum Gasteiger partial charge on any atom is 0.224 e. The van der Waals surface area contributed by atoms with E-state index >= 15 is 0 Å². The lowest BCUT2D eigenvalue weighted by Gasteiger charge is -2.28. The molecule has 2 aromatic rings. The van der Waals surface area contributed by atoms with Crippen LogP contribution in [0, 0.1) is 0 Å². The van der Waals surface area contributed by atoms with E-state index in [4.69, 9.17) is 11.6 Å². The molecule has 0 aliphatic carbocycles. The Kier molecular flexibility index (Phi) is 5.20. The van der Waals surface area contributed by atoms with Gasteiger partial charge >= 0.3 is 0 Å². The van der Waals surface area contributed by atoms with Crippen LogP contribution in [-0.2, 0) is 6.54 Å². The fourth-order valence-electron chi connectivity index (χ4n) is 1.88. The van der Waals surface area contributed by atoms with Gasteiger partial charge in [-0.3, -0.25) is 0 Å². The van der Waals surface area contributed by atoms with Crippen molar-refractivity contribution in [2.24, 2.45) is 0 Å². The van der Waals surface area contributed by atoms with Crippen LogP contribution in [0.4, 0.5) is 11.8 Å². The Morgan fingerprint density at radius 1 is 1.45 bits per heavy atom. The molecule has 0 saturated carbocycles. The highest BCUT2D eigenvalue weighted by atomic mass is 35.5. The van der Waals surface area contributed by atoms with Gasteiger partial charge in [0.2, 0.25) is 5.95 Å². The number of anilines is 2. The molecule has 0 saturated heterocycles. The molecule has 20 heavy (non-hydrogen) atoms. The van der Waals surface area contributed by atoms with Gasteiger partial charge in [0.05, 0.1) is 12.7 Å². The summed E-state index contributed by atoms with van der Waals surface area (Å²) < 4.78 is 0. The molecule has 0 unspecified atom stereocenters.